The summed E-state index contributed by atoms with van der Waals surface area (Å²) in [6.45, 7) is 12.2. The topological polar surface area (TPSA) is 12.0 Å². The lowest BCUT2D eigenvalue weighted by Gasteiger charge is -2.32. The Morgan fingerprint density at radius 1 is 0.786 bits per heavy atom. The van der Waals surface area contributed by atoms with Crippen LogP contribution >= 0.6 is 0 Å². The average molecular weight is 392 g/mol. The first-order chi connectivity index (χ1) is 13.6. The highest BCUT2D eigenvalue weighted by Crippen LogP contribution is 2.40. The minimum atomic E-state index is 0.866. The monoisotopic (exact) mass is 391 g/mol. The van der Waals surface area contributed by atoms with Crippen molar-refractivity contribution in [3.05, 3.63) is 0 Å². The Morgan fingerprint density at radius 3 is 2.11 bits per heavy atom. The zero-order valence-electron chi connectivity index (χ0n) is 20.0. The van der Waals surface area contributed by atoms with Crippen LogP contribution in [-0.4, -0.2) is 13.1 Å². The highest BCUT2D eigenvalue weighted by molar-refractivity contribution is 4.81. The van der Waals surface area contributed by atoms with E-state index in [0.29, 0.717) is 0 Å². The summed E-state index contributed by atoms with van der Waals surface area (Å²) in [4.78, 5) is 0. The number of hydrogen-bond donors (Lipinski definition) is 1. The normalized spacial score (nSPS) is 22.2. The molecule has 1 nitrogen and oxygen atoms in total. The van der Waals surface area contributed by atoms with E-state index in [1.54, 1.807) is 0 Å². The van der Waals surface area contributed by atoms with Crippen LogP contribution in [0.25, 0.3) is 0 Å². The summed E-state index contributed by atoms with van der Waals surface area (Å²) in [6.07, 6.45) is 22.1. The lowest BCUT2D eigenvalue weighted by molar-refractivity contribution is 0.186. The van der Waals surface area contributed by atoms with Crippen molar-refractivity contribution in [3.63, 3.8) is 0 Å². The van der Waals surface area contributed by atoms with Crippen molar-refractivity contribution in [3.8, 4) is 0 Å². The summed E-state index contributed by atoms with van der Waals surface area (Å²) in [5, 5.41) is 3.81. The van der Waals surface area contributed by atoms with Crippen LogP contribution in [0.2, 0.25) is 0 Å². The Balaban J connectivity index is 1.61. The number of hydrogen-bond acceptors (Lipinski definition) is 1. The van der Waals surface area contributed by atoms with Crippen molar-refractivity contribution in [2.45, 2.75) is 124 Å². The standard InChI is InChI=1S/C27H53N/c1-5-25(27(17-16-22(2)3)26-14-8-9-15-26)18-20-28-19-10-11-23(4)21-24-12-6-7-13-24/h22-28H,5-21H2,1-4H3. The zero-order chi connectivity index (χ0) is 20.2. The van der Waals surface area contributed by atoms with Gasteiger partial charge in [0.2, 0.25) is 0 Å². The molecular formula is C27H53N. The van der Waals surface area contributed by atoms with Gasteiger partial charge in [0, 0.05) is 0 Å². The molecule has 3 atom stereocenters. The van der Waals surface area contributed by atoms with E-state index in [1.165, 1.54) is 109 Å². The molecule has 0 aliphatic heterocycles. The number of nitrogens with one attached hydrogen (secondary N) is 1. The minimum Gasteiger partial charge on any atom is -0.317 e. The molecular weight excluding hydrogens is 338 g/mol. The highest BCUT2D eigenvalue weighted by Gasteiger charge is 2.30. The fourth-order valence-corrected chi connectivity index (χ4v) is 6.41. The molecule has 3 unspecified atom stereocenters. The molecule has 0 heterocycles. The number of rotatable bonds is 15. The summed E-state index contributed by atoms with van der Waals surface area (Å²) in [7, 11) is 0. The predicted octanol–water partition coefficient (Wildman–Crippen LogP) is 8.23. The quantitative estimate of drug-likeness (QED) is 0.277. The van der Waals surface area contributed by atoms with Crippen LogP contribution in [0.15, 0.2) is 0 Å². The van der Waals surface area contributed by atoms with Crippen molar-refractivity contribution in [1.82, 2.24) is 5.32 Å². The second-order valence-corrected chi connectivity index (χ2v) is 11.0. The van der Waals surface area contributed by atoms with Gasteiger partial charge in [-0.3, -0.25) is 0 Å². The molecule has 2 rings (SSSR count). The molecule has 1 heteroatoms. The lowest BCUT2D eigenvalue weighted by Crippen LogP contribution is -2.27. The van der Waals surface area contributed by atoms with Crippen molar-refractivity contribution in [2.24, 2.45) is 35.5 Å². The van der Waals surface area contributed by atoms with E-state index < -0.39 is 0 Å². The SMILES string of the molecule is CCC(CCNCCCC(C)CC1CCCC1)C(CCC(C)C)C1CCCC1. The highest BCUT2D eigenvalue weighted by atomic mass is 14.8. The van der Waals surface area contributed by atoms with Gasteiger partial charge in [0.05, 0.1) is 0 Å². The van der Waals surface area contributed by atoms with Gasteiger partial charge in [0.25, 0.3) is 0 Å². The third-order valence-electron chi connectivity index (χ3n) is 8.17. The van der Waals surface area contributed by atoms with Crippen LogP contribution in [0.3, 0.4) is 0 Å². The largest absolute Gasteiger partial charge is 0.317 e. The third kappa shape index (κ3) is 9.19. The van der Waals surface area contributed by atoms with Gasteiger partial charge in [0.15, 0.2) is 0 Å². The first kappa shape index (κ1) is 24.2. The molecule has 0 radical (unpaired) electrons. The van der Waals surface area contributed by atoms with E-state index in [1.807, 2.05) is 0 Å². The molecule has 28 heavy (non-hydrogen) atoms. The van der Waals surface area contributed by atoms with Gasteiger partial charge in [-0.2, -0.15) is 0 Å². The molecule has 0 aromatic heterocycles. The van der Waals surface area contributed by atoms with Crippen LogP contribution in [-0.2, 0) is 0 Å². The molecule has 0 bridgehead atoms. The molecule has 0 aromatic rings. The fraction of sp³-hybridized carbons (Fsp3) is 1.00. The Kier molecular flexibility index (Phi) is 12.2. The first-order valence-electron chi connectivity index (χ1n) is 13.3. The summed E-state index contributed by atoms with van der Waals surface area (Å²) in [5.41, 5.74) is 0. The van der Waals surface area contributed by atoms with Gasteiger partial charge in [0.1, 0.15) is 0 Å². The van der Waals surface area contributed by atoms with Crippen molar-refractivity contribution >= 4 is 0 Å². The van der Waals surface area contributed by atoms with Crippen LogP contribution in [0, 0.1) is 35.5 Å². The Labute approximate surface area is 178 Å². The molecule has 2 saturated carbocycles. The molecule has 0 saturated heterocycles. The van der Waals surface area contributed by atoms with Crippen molar-refractivity contribution in [2.75, 3.05) is 13.1 Å². The van der Waals surface area contributed by atoms with Gasteiger partial charge in [-0.25, -0.2) is 0 Å². The van der Waals surface area contributed by atoms with Gasteiger partial charge in [-0.05, 0) is 80.7 Å². The van der Waals surface area contributed by atoms with Crippen molar-refractivity contribution in [1.29, 1.82) is 0 Å². The fourth-order valence-electron chi connectivity index (χ4n) is 6.41. The van der Waals surface area contributed by atoms with Crippen LogP contribution in [0.4, 0.5) is 0 Å². The molecule has 2 aliphatic rings. The van der Waals surface area contributed by atoms with Gasteiger partial charge in [-0.1, -0.05) is 91.9 Å². The van der Waals surface area contributed by atoms with Crippen LogP contribution in [0.1, 0.15) is 124 Å². The van der Waals surface area contributed by atoms with E-state index in [9.17, 15) is 0 Å². The molecule has 0 spiro atoms. The second kappa shape index (κ2) is 14.1. The molecule has 2 aliphatic carbocycles. The van der Waals surface area contributed by atoms with E-state index in [4.69, 9.17) is 0 Å². The second-order valence-electron chi connectivity index (χ2n) is 11.0. The smallest absolute Gasteiger partial charge is 0.00462 e. The maximum atomic E-state index is 3.81. The van der Waals surface area contributed by atoms with Gasteiger partial charge < -0.3 is 5.32 Å². The summed E-state index contributed by atoms with van der Waals surface area (Å²) in [6, 6.07) is 0. The van der Waals surface area contributed by atoms with Crippen LogP contribution in [0.5, 0.6) is 0 Å². The average Bonchev–Trinajstić information content (AvgIpc) is 3.36. The zero-order valence-corrected chi connectivity index (χ0v) is 20.0. The predicted molar refractivity (Wildman–Crippen MR) is 126 cm³/mol. The Hall–Kier alpha value is -0.0400. The van der Waals surface area contributed by atoms with E-state index in [0.717, 1.165) is 35.5 Å². The first-order valence-corrected chi connectivity index (χ1v) is 13.3. The lowest BCUT2D eigenvalue weighted by atomic mass is 9.74. The van der Waals surface area contributed by atoms with Crippen molar-refractivity contribution < 1.29 is 0 Å². The molecule has 1 N–H and O–H groups in total. The maximum absolute atomic E-state index is 3.81. The third-order valence-corrected chi connectivity index (χ3v) is 8.17. The summed E-state index contributed by atoms with van der Waals surface area (Å²) < 4.78 is 0. The molecule has 0 aromatic carbocycles. The Morgan fingerprint density at radius 2 is 1.46 bits per heavy atom. The summed E-state index contributed by atoms with van der Waals surface area (Å²) >= 11 is 0. The Bertz CT molecular complexity index is 364. The molecule has 2 fully saturated rings. The van der Waals surface area contributed by atoms with E-state index in [2.05, 4.69) is 33.0 Å². The van der Waals surface area contributed by atoms with Crippen LogP contribution < -0.4 is 5.32 Å². The van der Waals surface area contributed by atoms with Gasteiger partial charge in [-0.15, -0.1) is 0 Å². The summed E-state index contributed by atoms with van der Waals surface area (Å²) in [5.74, 6) is 5.87. The van der Waals surface area contributed by atoms with E-state index >= 15 is 0 Å². The van der Waals surface area contributed by atoms with Gasteiger partial charge >= 0.3 is 0 Å². The minimum absolute atomic E-state index is 0.866. The van der Waals surface area contributed by atoms with E-state index in [-0.39, 0.29) is 0 Å². The molecule has 0 amide bonds. The molecule has 166 valence electrons. The maximum Gasteiger partial charge on any atom is -0.00462 e.